The summed E-state index contributed by atoms with van der Waals surface area (Å²) >= 11 is 13.4. The molecule has 0 atom stereocenters. The first kappa shape index (κ1) is 25.4. The van der Waals surface area contributed by atoms with Crippen molar-refractivity contribution in [2.24, 2.45) is 14.1 Å². The van der Waals surface area contributed by atoms with Crippen molar-refractivity contribution in [1.29, 1.82) is 0 Å². The van der Waals surface area contributed by atoms with E-state index in [1.165, 1.54) is 0 Å². The maximum absolute atomic E-state index is 5.19. The fourth-order valence-electron chi connectivity index (χ4n) is 2.68. The highest BCUT2D eigenvalue weighted by Crippen LogP contribution is 2.32. The van der Waals surface area contributed by atoms with E-state index >= 15 is 0 Å². The number of aryl methyl sites for hydroxylation is 2. The number of aromatic nitrogens is 4. The molecule has 0 saturated heterocycles. The van der Waals surface area contributed by atoms with Crippen molar-refractivity contribution in [1.82, 2.24) is 19.6 Å². The van der Waals surface area contributed by atoms with E-state index in [-0.39, 0.29) is 0 Å². The maximum atomic E-state index is 5.19. The van der Waals surface area contributed by atoms with Gasteiger partial charge in [-0.2, -0.15) is 10.2 Å². The first-order valence-electron chi connectivity index (χ1n) is 8.01. The van der Waals surface area contributed by atoms with Gasteiger partial charge in [0.15, 0.2) is 0 Å². The van der Waals surface area contributed by atoms with Crippen LogP contribution < -0.4 is 9.47 Å². The lowest BCUT2D eigenvalue weighted by molar-refractivity contribution is 0.415. The molecule has 2 aromatic carbocycles. The summed E-state index contributed by atoms with van der Waals surface area (Å²) in [6.07, 6.45) is 1.83. The Hall–Kier alpha value is 0.130. The molecular formula is C18H17Br2I3N4O2. The Morgan fingerprint density at radius 3 is 2.00 bits per heavy atom. The highest BCUT2D eigenvalue weighted by molar-refractivity contribution is 15.0. The minimum absolute atomic E-state index is 0.836. The van der Waals surface area contributed by atoms with Crippen LogP contribution in [0.4, 0.5) is 0 Å². The van der Waals surface area contributed by atoms with Gasteiger partial charge in [-0.1, -0.05) is 0 Å². The number of benzene rings is 2. The van der Waals surface area contributed by atoms with Gasteiger partial charge in [0.25, 0.3) is 0 Å². The van der Waals surface area contributed by atoms with Crippen LogP contribution in [0.3, 0.4) is 0 Å². The van der Waals surface area contributed by atoms with Crippen molar-refractivity contribution in [3.05, 3.63) is 43.1 Å². The zero-order valence-electron chi connectivity index (χ0n) is 15.9. The Bertz CT molecular complexity index is 1130. The van der Waals surface area contributed by atoms with Crippen molar-refractivity contribution in [3.8, 4) is 11.5 Å². The maximum Gasteiger partial charge on any atom is 0.132 e. The van der Waals surface area contributed by atoms with Gasteiger partial charge in [0, 0.05) is 83.2 Å². The molecule has 0 aliphatic carbocycles. The molecule has 156 valence electrons. The van der Waals surface area contributed by atoms with E-state index in [0.29, 0.717) is 0 Å². The van der Waals surface area contributed by atoms with E-state index in [0.717, 1.165) is 46.0 Å². The molecule has 29 heavy (non-hydrogen) atoms. The van der Waals surface area contributed by atoms with Crippen LogP contribution in [0.2, 0.25) is 0 Å². The number of halogens is 5. The van der Waals surface area contributed by atoms with Crippen molar-refractivity contribution >= 4 is 113 Å². The molecule has 0 aliphatic heterocycles. The van der Waals surface area contributed by atoms with E-state index in [1.807, 2.05) is 53.9 Å². The molecule has 6 nitrogen and oxygen atoms in total. The third-order valence-corrected chi connectivity index (χ3v) is 6.13. The van der Waals surface area contributed by atoms with Crippen LogP contribution >= 0.6 is 91.7 Å². The molecule has 2 aromatic heterocycles. The van der Waals surface area contributed by atoms with E-state index < -0.39 is 0 Å². The second kappa shape index (κ2) is 11.7. The standard InChI is InChI=1S/C9H8BrIN2O.C9H9BrN2O.I2/c1-13-7-4-5(14-2)3-6(10)8(7)9(11)12-13;1-12-9-4-6(13-2)3-8(10)7(9)5-11-12;1-2/h3-4H,1-2H3;3-5H,1-2H3;. The first-order chi connectivity index (χ1) is 13.8. The van der Waals surface area contributed by atoms with Gasteiger partial charge in [0.1, 0.15) is 15.2 Å². The molecule has 11 heteroatoms. The summed E-state index contributed by atoms with van der Waals surface area (Å²) in [6.45, 7) is 0. The molecular weight excluding hydrogens is 845 g/mol. The Morgan fingerprint density at radius 2 is 1.41 bits per heavy atom. The van der Waals surface area contributed by atoms with Gasteiger partial charge in [0.2, 0.25) is 0 Å². The van der Waals surface area contributed by atoms with Gasteiger partial charge in [-0.3, -0.25) is 9.36 Å². The lowest BCUT2D eigenvalue weighted by Crippen LogP contribution is -1.90. The average molecular weight is 862 g/mol. The highest BCUT2D eigenvalue weighted by Gasteiger charge is 2.11. The zero-order valence-corrected chi connectivity index (χ0v) is 25.5. The van der Waals surface area contributed by atoms with Crippen LogP contribution in [-0.4, -0.2) is 33.8 Å². The number of hydrogen-bond acceptors (Lipinski definition) is 4. The quantitative estimate of drug-likeness (QED) is 0.203. The number of ether oxygens (including phenoxy) is 2. The third-order valence-electron chi connectivity index (χ3n) is 4.10. The molecule has 0 saturated carbocycles. The number of fused-ring (bicyclic) bond motifs is 2. The fourth-order valence-corrected chi connectivity index (χ4v) is 5.09. The fraction of sp³-hybridized carbons (Fsp3) is 0.222. The minimum Gasteiger partial charge on any atom is -0.497 e. The summed E-state index contributed by atoms with van der Waals surface area (Å²) in [5.74, 6) is 1.67. The van der Waals surface area contributed by atoms with Crippen LogP contribution in [0.25, 0.3) is 21.8 Å². The molecule has 0 radical (unpaired) electrons. The van der Waals surface area contributed by atoms with Crippen molar-refractivity contribution in [2.45, 2.75) is 0 Å². The van der Waals surface area contributed by atoms with Gasteiger partial charge in [0.05, 0.1) is 31.4 Å². The van der Waals surface area contributed by atoms with E-state index in [2.05, 4.69) is 102 Å². The van der Waals surface area contributed by atoms with E-state index in [4.69, 9.17) is 9.47 Å². The van der Waals surface area contributed by atoms with E-state index in [1.54, 1.807) is 14.2 Å². The molecule has 2 heterocycles. The Kier molecular flexibility index (Phi) is 10.2. The van der Waals surface area contributed by atoms with Gasteiger partial charge in [-0.25, -0.2) is 0 Å². The Balaban J connectivity index is 0.000000191. The number of methoxy groups -OCH3 is 2. The van der Waals surface area contributed by atoms with Crippen LogP contribution in [0.15, 0.2) is 39.4 Å². The molecule has 0 spiro atoms. The lowest BCUT2D eigenvalue weighted by Gasteiger charge is -2.02. The number of nitrogens with zero attached hydrogens (tertiary/aromatic N) is 4. The SMILES string of the molecule is COc1cc(Br)c2c(I)nn(C)c2c1.COc1cc(Br)c2cnn(C)c2c1.II. The molecule has 0 fully saturated rings. The second-order valence-corrected chi connectivity index (χ2v) is 8.46. The zero-order chi connectivity index (χ0) is 21.7. The van der Waals surface area contributed by atoms with Crippen LogP contribution in [0, 0.1) is 3.70 Å². The van der Waals surface area contributed by atoms with Crippen molar-refractivity contribution in [3.63, 3.8) is 0 Å². The van der Waals surface area contributed by atoms with Crippen LogP contribution in [0.5, 0.6) is 11.5 Å². The van der Waals surface area contributed by atoms with E-state index in [9.17, 15) is 0 Å². The normalized spacial score (nSPS) is 10.2. The summed E-state index contributed by atoms with van der Waals surface area (Å²) < 4.78 is 17.0. The predicted octanol–water partition coefficient (Wildman–Crippen LogP) is 7.06. The van der Waals surface area contributed by atoms with Crippen LogP contribution in [0.1, 0.15) is 0 Å². The average Bonchev–Trinajstić information content (AvgIpc) is 3.23. The third kappa shape index (κ3) is 5.88. The Labute approximate surface area is 222 Å². The molecule has 4 aromatic rings. The molecule has 0 aliphatic rings. The van der Waals surface area contributed by atoms with Gasteiger partial charge >= 0.3 is 0 Å². The summed E-state index contributed by atoms with van der Waals surface area (Å²) in [7, 11) is 7.16. The summed E-state index contributed by atoms with van der Waals surface area (Å²) in [4.78, 5) is 0. The molecule has 4 rings (SSSR count). The predicted molar refractivity (Wildman–Crippen MR) is 151 cm³/mol. The summed E-state index contributed by atoms with van der Waals surface area (Å²) in [5, 5.41) is 10.7. The summed E-state index contributed by atoms with van der Waals surface area (Å²) in [5.41, 5.74) is 2.13. The summed E-state index contributed by atoms with van der Waals surface area (Å²) in [6, 6.07) is 7.83. The first-order valence-corrected chi connectivity index (χ1v) is 17.0. The topological polar surface area (TPSA) is 54.1 Å². The second-order valence-electron chi connectivity index (χ2n) is 5.73. The van der Waals surface area contributed by atoms with Gasteiger partial charge < -0.3 is 9.47 Å². The molecule has 0 unspecified atom stereocenters. The number of hydrogen-bond donors (Lipinski definition) is 0. The minimum atomic E-state index is 0.836. The smallest absolute Gasteiger partial charge is 0.132 e. The van der Waals surface area contributed by atoms with Crippen molar-refractivity contribution < 1.29 is 9.47 Å². The lowest BCUT2D eigenvalue weighted by atomic mass is 10.2. The number of rotatable bonds is 2. The van der Waals surface area contributed by atoms with Gasteiger partial charge in [-0.05, 0) is 66.6 Å². The molecule has 0 amide bonds. The largest absolute Gasteiger partial charge is 0.497 e. The van der Waals surface area contributed by atoms with Gasteiger partial charge in [-0.15, -0.1) is 0 Å². The Morgan fingerprint density at radius 1 is 0.862 bits per heavy atom. The highest BCUT2D eigenvalue weighted by atomic mass is 128. The monoisotopic (exact) mass is 860 g/mol. The molecule has 0 bridgehead atoms. The molecule has 0 N–H and O–H groups in total. The van der Waals surface area contributed by atoms with Crippen LogP contribution in [-0.2, 0) is 14.1 Å². The van der Waals surface area contributed by atoms with Crippen molar-refractivity contribution in [2.75, 3.05) is 14.2 Å².